The van der Waals surface area contributed by atoms with Crippen molar-refractivity contribution in [2.45, 2.75) is 55.4 Å². The number of amides is 1. The normalized spacial score (nSPS) is 23.8. The van der Waals surface area contributed by atoms with E-state index in [1.807, 2.05) is 4.90 Å². The predicted octanol–water partition coefficient (Wildman–Crippen LogP) is 2.91. The average molecular weight is 398 g/mol. The lowest BCUT2D eigenvalue weighted by molar-refractivity contribution is -0.146. The van der Waals surface area contributed by atoms with Gasteiger partial charge in [0, 0.05) is 13.1 Å². The number of rotatable bonds is 4. The fraction of sp³-hybridized carbons (Fsp3) is 0.632. The van der Waals surface area contributed by atoms with Gasteiger partial charge in [0.1, 0.15) is 16.5 Å². The molecule has 1 amide bonds. The maximum absolute atomic E-state index is 14.1. The summed E-state index contributed by atoms with van der Waals surface area (Å²) in [7, 11) is -4.29. The molecule has 148 valence electrons. The number of benzene rings is 1. The largest absolute Gasteiger partial charge is 0.334 e. The Labute approximate surface area is 158 Å². The van der Waals surface area contributed by atoms with Crippen molar-refractivity contribution >= 4 is 15.9 Å². The van der Waals surface area contributed by atoms with Crippen molar-refractivity contribution in [1.29, 1.82) is 0 Å². The Kier molecular flexibility index (Phi) is 4.74. The van der Waals surface area contributed by atoms with E-state index in [2.05, 4.69) is 0 Å². The number of hydrogen-bond acceptors (Lipinski definition) is 3. The summed E-state index contributed by atoms with van der Waals surface area (Å²) in [6, 6.07) is 2.39. The van der Waals surface area contributed by atoms with Gasteiger partial charge in [-0.3, -0.25) is 4.79 Å². The van der Waals surface area contributed by atoms with E-state index in [1.54, 1.807) is 0 Å². The van der Waals surface area contributed by atoms with Crippen LogP contribution in [0.2, 0.25) is 0 Å². The van der Waals surface area contributed by atoms with E-state index < -0.39 is 32.1 Å². The third-order valence-electron chi connectivity index (χ3n) is 6.09. The molecular weight excluding hydrogens is 374 g/mol. The van der Waals surface area contributed by atoms with Gasteiger partial charge in [0.25, 0.3) is 0 Å². The van der Waals surface area contributed by atoms with Crippen molar-refractivity contribution in [2.24, 2.45) is 5.92 Å². The molecule has 1 heterocycles. The van der Waals surface area contributed by atoms with Crippen molar-refractivity contribution in [3.63, 3.8) is 0 Å². The summed E-state index contributed by atoms with van der Waals surface area (Å²) in [5.41, 5.74) is -0.521. The minimum Gasteiger partial charge on any atom is -0.334 e. The van der Waals surface area contributed by atoms with Crippen LogP contribution in [0.25, 0.3) is 0 Å². The smallest absolute Gasteiger partial charge is 0.246 e. The van der Waals surface area contributed by atoms with Gasteiger partial charge < -0.3 is 4.90 Å². The van der Waals surface area contributed by atoms with Gasteiger partial charge in [0.2, 0.25) is 15.9 Å². The standard InChI is InChI=1S/C19H24F2N2O3S/c20-15-6-7-16(21)17(10-15)27(25,26)22-12-18(24)23(11-14-4-5-14)19(13-22)8-2-1-3-9-19/h6-7,10,14H,1-5,8-9,11-13H2. The quantitative estimate of drug-likeness (QED) is 0.784. The van der Waals surface area contributed by atoms with Crippen LogP contribution in [0.1, 0.15) is 44.9 Å². The average Bonchev–Trinajstić information content (AvgIpc) is 3.45. The molecule has 0 N–H and O–H groups in total. The number of halogens is 2. The molecule has 27 heavy (non-hydrogen) atoms. The molecule has 1 spiro atoms. The molecule has 0 unspecified atom stereocenters. The predicted molar refractivity (Wildman–Crippen MR) is 95.4 cm³/mol. The van der Waals surface area contributed by atoms with Crippen molar-refractivity contribution in [3.8, 4) is 0 Å². The highest BCUT2D eigenvalue weighted by Gasteiger charge is 2.50. The molecule has 0 radical (unpaired) electrons. The minimum absolute atomic E-state index is 0.156. The van der Waals surface area contributed by atoms with Gasteiger partial charge >= 0.3 is 0 Å². The number of piperazine rings is 1. The first kappa shape index (κ1) is 18.8. The minimum atomic E-state index is -4.29. The molecule has 3 aliphatic rings. The van der Waals surface area contributed by atoms with Gasteiger partial charge in [-0.15, -0.1) is 0 Å². The molecule has 1 aliphatic heterocycles. The maximum Gasteiger partial charge on any atom is 0.246 e. The Hall–Kier alpha value is -1.54. The highest BCUT2D eigenvalue weighted by atomic mass is 32.2. The van der Waals surface area contributed by atoms with Gasteiger partial charge in [-0.25, -0.2) is 17.2 Å². The molecule has 2 saturated carbocycles. The lowest BCUT2D eigenvalue weighted by atomic mass is 9.78. The Morgan fingerprint density at radius 2 is 1.81 bits per heavy atom. The SMILES string of the molecule is O=C1CN(S(=O)(=O)c2cc(F)ccc2F)CC2(CCCCC2)N1CC1CC1. The van der Waals surface area contributed by atoms with E-state index in [0.717, 1.165) is 61.4 Å². The van der Waals surface area contributed by atoms with Crippen molar-refractivity contribution < 1.29 is 22.0 Å². The third-order valence-corrected chi connectivity index (χ3v) is 7.90. The first-order valence-corrected chi connectivity index (χ1v) is 11.0. The Morgan fingerprint density at radius 3 is 2.48 bits per heavy atom. The van der Waals surface area contributed by atoms with E-state index in [1.165, 1.54) is 0 Å². The van der Waals surface area contributed by atoms with Gasteiger partial charge in [-0.1, -0.05) is 19.3 Å². The number of sulfonamides is 1. The van der Waals surface area contributed by atoms with Crippen LogP contribution in [0.5, 0.6) is 0 Å². The van der Waals surface area contributed by atoms with Crippen molar-refractivity contribution in [2.75, 3.05) is 19.6 Å². The molecule has 0 atom stereocenters. The van der Waals surface area contributed by atoms with Crippen LogP contribution < -0.4 is 0 Å². The molecule has 1 aromatic rings. The summed E-state index contributed by atoms with van der Waals surface area (Å²) in [6.45, 7) is 0.525. The first-order valence-electron chi connectivity index (χ1n) is 9.58. The van der Waals surface area contributed by atoms with Gasteiger partial charge in [0.15, 0.2) is 0 Å². The molecule has 3 fully saturated rings. The zero-order valence-electron chi connectivity index (χ0n) is 15.2. The van der Waals surface area contributed by atoms with E-state index >= 15 is 0 Å². The first-order chi connectivity index (χ1) is 12.8. The number of hydrogen-bond donors (Lipinski definition) is 0. The highest BCUT2D eigenvalue weighted by Crippen LogP contribution is 2.41. The van der Waals surface area contributed by atoms with Crippen LogP contribution in [0, 0.1) is 17.6 Å². The van der Waals surface area contributed by atoms with E-state index in [4.69, 9.17) is 0 Å². The lowest BCUT2D eigenvalue weighted by Gasteiger charge is -2.52. The molecule has 1 saturated heterocycles. The number of carbonyl (C=O) groups is 1. The summed E-state index contributed by atoms with van der Waals surface area (Å²) in [5, 5.41) is 0. The zero-order chi connectivity index (χ0) is 19.2. The van der Waals surface area contributed by atoms with Crippen LogP contribution in [0.4, 0.5) is 8.78 Å². The lowest BCUT2D eigenvalue weighted by Crippen LogP contribution is -2.66. The van der Waals surface area contributed by atoms with Gasteiger partial charge in [-0.2, -0.15) is 4.31 Å². The second-order valence-corrected chi connectivity index (χ2v) is 9.99. The Bertz CT molecular complexity index is 849. The molecule has 1 aromatic carbocycles. The third kappa shape index (κ3) is 3.49. The molecule has 0 aromatic heterocycles. The van der Waals surface area contributed by atoms with Crippen LogP contribution in [-0.4, -0.2) is 48.7 Å². The van der Waals surface area contributed by atoms with Crippen LogP contribution >= 0.6 is 0 Å². The van der Waals surface area contributed by atoms with Crippen LogP contribution in [0.3, 0.4) is 0 Å². The molecule has 8 heteroatoms. The molecular formula is C19H24F2N2O3S. The van der Waals surface area contributed by atoms with Crippen molar-refractivity contribution in [1.82, 2.24) is 9.21 Å². The second-order valence-electron chi connectivity index (χ2n) is 8.08. The van der Waals surface area contributed by atoms with Gasteiger partial charge in [0.05, 0.1) is 12.1 Å². The molecule has 0 bridgehead atoms. The highest BCUT2D eigenvalue weighted by molar-refractivity contribution is 7.89. The maximum atomic E-state index is 14.1. The van der Waals surface area contributed by atoms with Crippen molar-refractivity contribution in [3.05, 3.63) is 29.8 Å². The Morgan fingerprint density at radius 1 is 1.11 bits per heavy atom. The molecule has 4 rings (SSSR count). The van der Waals surface area contributed by atoms with Crippen LogP contribution in [-0.2, 0) is 14.8 Å². The summed E-state index contributed by atoms with van der Waals surface area (Å²) in [6.07, 6.45) is 6.67. The molecule has 2 aliphatic carbocycles. The second kappa shape index (κ2) is 6.81. The number of carbonyl (C=O) groups excluding carboxylic acids is 1. The summed E-state index contributed by atoms with van der Waals surface area (Å²) < 4.78 is 54.8. The zero-order valence-corrected chi connectivity index (χ0v) is 16.0. The summed E-state index contributed by atoms with van der Waals surface area (Å²) in [5.74, 6) is -1.53. The summed E-state index contributed by atoms with van der Waals surface area (Å²) in [4.78, 5) is 14.1. The Balaban J connectivity index is 1.68. The fourth-order valence-electron chi connectivity index (χ4n) is 4.45. The molecule has 5 nitrogen and oxygen atoms in total. The monoisotopic (exact) mass is 398 g/mol. The van der Waals surface area contributed by atoms with Crippen LogP contribution in [0.15, 0.2) is 23.1 Å². The topological polar surface area (TPSA) is 57.7 Å². The van der Waals surface area contributed by atoms with E-state index in [-0.39, 0.29) is 19.0 Å². The van der Waals surface area contributed by atoms with E-state index in [9.17, 15) is 22.0 Å². The summed E-state index contributed by atoms with van der Waals surface area (Å²) >= 11 is 0. The fourth-order valence-corrected chi connectivity index (χ4v) is 5.99. The van der Waals surface area contributed by atoms with Gasteiger partial charge in [-0.05, 0) is 49.8 Å². The number of nitrogens with zero attached hydrogens (tertiary/aromatic N) is 2. The van der Waals surface area contributed by atoms with E-state index in [0.29, 0.717) is 18.5 Å².